The summed E-state index contributed by atoms with van der Waals surface area (Å²) in [6.45, 7) is 0.559. The van der Waals surface area contributed by atoms with E-state index in [1.165, 1.54) is 0 Å². The van der Waals surface area contributed by atoms with Gasteiger partial charge in [-0.15, -0.1) is 0 Å². The van der Waals surface area contributed by atoms with Crippen molar-refractivity contribution in [1.82, 2.24) is 4.98 Å². The average Bonchev–Trinajstić information content (AvgIpc) is 2.74. The van der Waals surface area contributed by atoms with Gasteiger partial charge in [0.2, 0.25) is 0 Å². The van der Waals surface area contributed by atoms with Gasteiger partial charge in [0.05, 0.1) is 17.4 Å². The van der Waals surface area contributed by atoms with Gasteiger partial charge in [0.15, 0.2) is 0 Å². The van der Waals surface area contributed by atoms with Crippen LogP contribution in [0.3, 0.4) is 0 Å². The normalized spacial score (nSPS) is 11.0. The average molecular weight is 353 g/mol. The fraction of sp³-hybridized carbons (Fsp3) is 0.0435. The number of hydrazone groups is 1. The highest BCUT2D eigenvalue weighted by Crippen LogP contribution is 2.20. The molecule has 1 heterocycles. The number of hydrogen-bond acceptors (Lipinski definition) is 4. The zero-order chi connectivity index (χ0) is 18.3. The summed E-state index contributed by atoms with van der Waals surface area (Å²) in [5.41, 5.74) is 7.00. The van der Waals surface area contributed by atoms with E-state index in [9.17, 15) is 0 Å². The second kappa shape index (κ2) is 8.15. The third-order valence-corrected chi connectivity index (χ3v) is 4.16. The molecule has 4 nitrogen and oxygen atoms in total. The largest absolute Gasteiger partial charge is 0.489 e. The molecule has 0 aliphatic carbocycles. The summed E-state index contributed by atoms with van der Waals surface area (Å²) in [5, 5.41) is 5.41. The molecule has 132 valence electrons. The first-order valence-corrected chi connectivity index (χ1v) is 8.78. The highest BCUT2D eigenvalue weighted by Gasteiger charge is 2.00. The van der Waals surface area contributed by atoms with E-state index in [0.29, 0.717) is 6.61 Å². The maximum Gasteiger partial charge on any atom is 0.119 e. The Bertz CT molecular complexity index is 1040. The lowest BCUT2D eigenvalue weighted by molar-refractivity contribution is 0.306. The van der Waals surface area contributed by atoms with Crippen molar-refractivity contribution in [3.05, 3.63) is 102 Å². The second-order valence-corrected chi connectivity index (χ2v) is 6.09. The molecule has 3 aromatic carbocycles. The standard InChI is InChI=1S/C23H19N3O/c1-2-6-19(7-3-1)17-27-21-13-11-18(12-14-21)16-25-26-22-10-4-8-20-9-5-15-24-23(20)22/h1-16,26H,17H2/b25-16+. The number of nitrogens with zero attached hydrogens (tertiary/aromatic N) is 2. The molecule has 0 aliphatic heterocycles. The van der Waals surface area contributed by atoms with Gasteiger partial charge in [-0.2, -0.15) is 5.10 Å². The molecule has 0 saturated carbocycles. The number of benzene rings is 3. The Morgan fingerprint density at radius 1 is 0.852 bits per heavy atom. The molecule has 1 aromatic heterocycles. The van der Waals surface area contributed by atoms with Gasteiger partial charge in [0, 0.05) is 11.6 Å². The number of hydrogen-bond donors (Lipinski definition) is 1. The molecule has 0 amide bonds. The Labute approximate surface area is 158 Å². The zero-order valence-corrected chi connectivity index (χ0v) is 14.7. The fourth-order valence-electron chi connectivity index (χ4n) is 2.76. The number of anilines is 1. The summed E-state index contributed by atoms with van der Waals surface area (Å²) in [6, 6.07) is 27.9. The fourth-order valence-corrected chi connectivity index (χ4v) is 2.76. The Morgan fingerprint density at radius 2 is 1.67 bits per heavy atom. The van der Waals surface area contributed by atoms with E-state index in [-0.39, 0.29) is 0 Å². The van der Waals surface area contributed by atoms with Crippen LogP contribution in [0.25, 0.3) is 10.9 Å². The zero-order valence-electron chi connectivity index (χ0n) is 14.7. The number of ether oxygens (including phenoxy) is 1. The molecule has 0 radical (unpaired) electrons. The molecule has 0 spiro atoms. The number of para-hydroxylation sites is 1. The highest BCUT2D eigenvalue weighted by molar-refractivity contribution is 5.90. The molecule has 0 atom stereocenters. The SMILES string of the molecule is C(=N\Nc1cccc2cccnc12)/c1ccc(OCc2ccccc2)cc1. The highest BCUT2D eigenvalue weighted by atomic mass is 16.5. The van der Waals surface area contributed by atoms with Crippen molar-refractivity contribution < 1.29 is 4.74 Å². The first-order chi connectivity index (χ1) is 13.4. The molecule has 4 heteroatoms. The number of aromatic nitrogens is 1. The Hall–Kier alpha value is -3.66. The van der Waals surface area contributed by atoms with Crippen LogP contribution in [-0.2, 0) is 6.61 Å². The van der Waals surface area contributed by atoms with Crippen LogP contribution >= 0.6 is 0 Å². The van der Waals surface area contributed by atoms with Crippen LogP contribution < -0.4 is 10.2 Å². The topological polar surface area (TPSA) is 46.5 Å². The van der Waals surface area contributed by atoms with E-state index in [1.807, 2.05) is 72.8 Å². The summed E-state index contributed by atoms with van der Waals surface area (Å²) in [5.74, 6) is 0.835. The summed E-state index contributed by atoms with van der Waals surface area (Å²) in [7, 11) is 0. The minimum Gasteiger partial charge on any atom is -0.489 e. The molecular weight excluding hydrogens is 334 g/mol. The Balaban J connectivity index is 1.38. The molecule has 27 heavy (non-hydrogen) atoms. The first-order valence-electron chi connectivity index (χ1n) is 8.78. The van der Waals surface area contributed by atoms with Crippen molar-refractivity contribution in [2.45, 2.75) is 6.61 Å². The third-order valence-electron chi connectivity index (χ3n) is 4.16. The Morgan fingerprint density at radius 3 is 2.52 bits per heavy atom. The minimum absolute atomic E-state index is 0.559. The summed E-state index contributed by atoms with van der Waals surface area (Å²) >= 11 is 0. The van der Waals surface area contributed by atoms with E-state index in [2.05, 4.69) is 27.6 Å². The molecule has 4 aromatic rings. The predicted molar refractivity (Wildman–Crippen MR) is 110 cm³/mol. The maximum atomic E-state index is 5.80. The lowest BCUT2D eigenvalue weighted by Gasteiger charge is -2.06. The van der Waals surface area contributed by atoms with Crippen LogP contribution in [-0.4, -0.2) is 11.2 Å². The molecule has 0 unspecified atom stereocenters. The smallest absolute Gasteiger partial charge is 0.119 e. The first kappa shape index (κ1) is 16.8. The van der Waals surface area contributed by atoms with Crippen LogP contribution in [0.2, 0.25) is 0 Å². The van der Waals surface area contributed by atoms with E-state index in [4.69, 9.17) is 4.74 Å². The van der Waals surface area contributed by atoms with Crippen molar-refractivity contribution in [1.29, 1.82) is 0 Å². The van der Waals surface area contributed by atoms with Gasteiger partial charge < -0.3 is 4.74 Å². The van der Waals surface area contributed by atoms with Gasteiger partial charge in [0.1, 0.15) is 12.4 Å². The maximum absolute atomic E-state index is 5.80. The minimum atomic E-state index is 0.559. The van der Waals surface area contributed by atoms with E-state index >= 15 is 0 Å². The number of rotatable bonds is 6. The van der Waals surface area contributed by atoms with Gasteiger partial charge in [-0.05, 0) is 47.5 Å². The van der Waals surface area contributed by atoms with Gasteiger partial charge in [0.25, 0.3) is 0 Å². The number of nitrogens with one attached hydrogen (secondary N) is 1. The molecule has 1 N–H and O–H groups in total. The van der Waals surface area contributed by atoms with Crippen molar-refractivity contribution in [3.8, 4) is 5.75 Å². The van der Waals surface area contributed by atoms with Crippen molar-refractivity contribution >= 4 is 22.8 Å². The van der Waals surface area contributed by atoms with Crippen LogP contribution in [0.4, 0.5) is 5.69 Å². The van der Waals surface area contributed by atoms with Gasteiger partial charge in [-0.25, -0.2) is 0 Å². The van der Waals surface area contributed by atoms with Gasteiger partial charge in [-0.1, -0.05) is 48.5 Å². The van der Waals surface area contributed by atoms with Crippen LogP contribution in [0.1, 0.15) is 11.1 Å². The molecule has 4 rings (SSSR count). The van der Waals surface area contributed by atoms with Gasteiger partial charge >= 0.3 is 0 Å². The van der Waals surface area contributed by atoms with Crippen molar-refractivity contribution in [2.24, 2.45) is 5.10 Å². The van der Waals surface area contributed by atoms with Crippen molar-refractivity contribution in [3.63, 3.8) is 0 Å². The van der Waals surface area contributed by atoms with Crippen LogP contribution in [0, 0.1) is 0 Å². The second-order valence-electron chi connectivity index (χ2n) is 6.09. The quantitative estimate of drug-likeness (QED) is 0.380. The monoisotopic (exact) mass is 353 g/mol. The van der Waals surface area contributed by atoms with Gasteiger partial charge in [-0.3, -0.25) is 10.4 Å². The molecular formula is C23H19N3O. The lowest BCUT2D eigenvalue weighted by Crippen LogP contribution is -1.95. The van der Waals surface area contributed by atoms with E-state index in [1.54, 1.807) is 12.4 Å². The number of fused-ring (bicyclic) bond motifs is 1. The lowest BCUT2D eigenvalue weighted by atomic mass is 10.2. The third kappa shape index (κ3) is 4.30. The molecule has 0 aliphatic rings. The molecule has 0 saturated heterocycles. The molecule has 0 bridgehead atoms. The Kier molecular flexibility index (Phi) is 5.07. The predicted octanol–water partition coefficient (Wildman–Crippen LogP) is 5.26. The van der Waals surface area contributed by atoms with E-state index < -0.39 is 0 Å². The van der Waals surface area contributed by atoms with Crippen LogP contribution in [0.15, 0.2) is 96.2 Å². The van der Waals surface area contributed by atoms with E-state index in [0.717, 1.165) is 33.5 Å². The van der Waals surface area contributed by atoms with Crippen LogP contribution in [0.5, 0.6) is 5.75 Å². The molecule has 0 fully saturated rings. The summed E-state index contributed by atoms with van der Waals surface area (Å²) in [4.78, 5) is 4.41. The summed E-state index contributed by atoms with van der Waals surface area (Å²) < 4.78 is 5.80. The van der Waals surface area contributed by atoms with Crippen molar-refractivity contribution in [2.75, 3.05) is 5.43 Å². The number of pyridine rings is 1. The summed E-state index contributed by atoms with van der Waals surface area (Å²) in [6.07, 6.45) is 3.56.